The number of fused-ring (bicyclic) bond motifs is 1. The number of carbonyl (C=O) groups excluding carboxylic acids is 2. The van der Waals surface area contributed by atoms with E-state index in [0.29, 0.717) is 30.2 Å². The Balaban J connectivity index is 1.75. The van der Waals surface area contributed by atoms with Crippen LogP contribution >= 0.6 is 0 Å². The van der Waals surface area contributed by atoms with E-state index >= 15 is 0 Å². The van der Waals surface area contributed by atoms with Crippen LogP contribution in [-0.2, 0) is 22.6 Å². The first kappa shape index (κ1) is 23.4. The number of nitrogens with zero attached hydrogens (tertiary/aromatic N) is 1. The summed E-state index contributed by atoms with van der Waals surface area (Å²) in [6.45, 7) is 8.06. The van der Waals surface area contributed by atoms with Crippen LogP contribution in [0.4, 0.5) is 0 Å². The lowest BCUT2D eigenvalue weighted by Crippen LogP contribution is -2.52. The van der Waals surface area contributed by atoms with Crippen molar-refractivity contribution in [3.63, 3.8) is 0 Å². The average Bonchev–Trinajstić information content (AvgIpc) is 3.22. The van der Waals surface area contributed by atoms with Crippen molar-refractivity contribution in [2.24, 2.45) is 0 Å². The molecule has 2 amide bonds. The van der Waals surface area contributed by atoms with Gasteiger partial charge in [-0.25, -0.2) is 0 Å². The minimum Gasteiger partial charge on any atom is -0.497 e. The van der Waals surface area contributed by atoms with E-state index in [9.17, 15) is 9.59 Å². The first-order valence-corrected chi connectivity index (χ1v) is 10.8. The molecule has 1 aliphatic heterocycles. The van der Waals surface area contributed by atoms with Crippen LogP contribution < -0.4 is 19.5 Å². The summed E-state index contributed by atoms with van der Waals surface area (Å²) in [6.07, 6.45) is 0.814. The van der Waals surface area contributed by atoms with Gasteiger partial charge in [0, 0.05) is 18.5 Å². The van der Waals surface area contributed by atoms with Gasteiger partial charge in [-0.1, -0.05) is 18.2 Å². The highest BCUT2D eigenvalue weighted by Gasteiger charge is 2.28. The molecule has 0 aromatic heterocycles. The minimum atomic E-state index is -0.621. The number of ether oxygens (including phenoxy) is 3. The van der Waals surface area contributed by atoms with Gasteiger partial charge in [-0.15, -0.1) is 0 Å². The lowest BCUT2D eigenvalue weighted by molar-refractivity contribution is -0.141. The van der Waals surface area contributed by atoms with Gasteiger partial charge in [-0.2, -0.15) is 0 Å². The number of benzene rings is 2. The largest absolute Gasteiger partial charge is 0.497 e. The van der Waals surface area contributed by atoms with Crippen molar-refractivity contribution in [3.05, 3.63) is 53.6 Å². The summed E-state index contributed by atoms with van der Waals surface area (Å²) in [5, 5.41) is 2.98. The van der Waals surface area contributed by atoms with Crippen LogP contribution in [0.1, 0.15) is 45.2 Å². The molecule has 1 heterocycles. The maximum atomic E-state index is 13.3. The Hall–Kier alpha value is -3.22. The summed E-state index contributed by atoms with van der Waals surface area (Å²) < 4.78 is 16.1. The van der Waals surface area contributed by atoms with Gasteiger partial charge in [0.15, 0.2) is 11.5 Å². The van der Waals surface area contributed by atoms with Crippen LogP contribution in [0.15, 0.2) is 42.5 Å². The van der Waals surface area contributed by atoms with Crippen molar-refractivity contribution >= 4 is 11.8 Å². The smallest absolute Gasteiger partial charge is 0.242 e. The highest BCUT2D eigenvalue weighted by atomic mass is 16.7. The van der Waals surface area contributed by atoms with Crippen molar-refractivity contribution in [2.45, 2.75) is 58.7 Å². The molecule has 7 heteroatoms. The van der Waals surface area contributed by atoms with Gasteiger partial charge in [-0.05, 0) is 69.5 Å². The van der Waals surface area contributed by atoms with Gasteiger partial charge in [0.2, 0.25) is 18.6 Å². The Kier molecular flexibility index (Phi) is 7.28. The first-order chi connectivity index (χ1) is 15.2. The summed E-state index contributed by atoms with van der Waals surface area (Å²) in [5.41, 5.74) is 1.50. The van der Waals surface area contributed by atoms with E-state index in [-0.39, 0.29) is 30.6 Å². The van der Waals surface area contributed by atoms with Crippen molar-refractivity contribution in [1.82, 2.24) is 10.2 Å². The molecule has 7 nitrogen and oxygen atoms in total. The van der Waals surface area contributed by atoms with Gasteiger partial charge in [0.1, 0.15) is 11.8 Å². The number of rotatable bonds is 8. The van der Waals surface area contributed by atoms with Crippen LogP contribution in [0.25, 0.3) is 0 Å². The van der Waals surface area contributed by atoms with Crippen molar-refractivity contribution in [2.75, 3.05) is 13.9 Å². The van der Waals surface area contributed by atoms with Crippen LogP contribution in [0.5, 0.6) is 17.2 Å². The second-order valence-electron chi connectivity index (χ2n) is 8.98. The van der Waals surface area contributed by atoms with Gasteiger partial charge in [-0.3, -0.25) is 9.59 Å². The van der Waals surface area contributed by atoms with E-state index in [1.54, 1.807) is 18.9 Å². The highest BCUT2D eigenvalue weighted by Crippen LogP contribution is 2.32. The molecule has 0 saturated heterocycles. The number of aryl methyl sites for hydroxylation is 1. The highest BCUT2D eigenvalue weighted by molar-refractivity contribution is 5.87. The fourth-order valence-corrected chi connectivity index (χ4v) is 3.52. The Morgan fingerprint density at radius 1 is 1.09 bits per heavy atom. The molecule has 32 heavy (non-hydrogen) atoms. The third kappa shape index (κ3) is 6.15. The fourth-order valence-electron chi connectivity index (χ4n) is 3.52. The predicted octanol–water partition coefficient (Wildman–Crippen LogP) is 3.69. The van der Waals surface area contributed by atoms with Crippen molar-refractivity contribution in [3.8, 4) is 17.2 Å². The summed E-state index contributed by atoms with van der Waals surface area (Å²) >= 11 is 0. The lowest BCUT2D eigenvalue weighted by atomic mass is 10.1. The molecule has 0 radical (unpaired) electrons. The van der Waals surface area contributed by atoms with Crippen LogP contribution in [0.2, 0.25) is 0 Å². The molecule has 172 valence electrons. The van der Waals surface area contributed by atoms with Crippen molar-refractivity contribution in [1.29, 1.82) is 0 Å². The maximum absolute atomic E-state index is 13.3. The SMILES string of the molecule is COc1cccc(CN(C(=O)CCc2ccc3c(c2)OCO3)C(C)C(=O)NC(C)(C)C)c1. The molecule has 1 aliphatic rings. The zero-order valence-electron chi connectivity index (χ0n) is 19.4. The fraction of sp³-hybridized carbons (Fsp3) is 0.440. The minimum absolute atomic E-state index is 0.0953. The second kappa shape index (κ2) is 9.94. The van der Waals surface area contributed by atoms with E-state index in [4.69, 9.17) is 14.2 Å². The molecule has 0 saturated carbocycles. The molecule has 0 fully saturated rings. The van der Waals surface area contributed by atoms with E-state index in [0.717, 1.165) is 11.1 Å². The van der Waals surface area contributed by atoms with Crippen LogP contribution in [0, 0.1) is 0 Å². The summed E-state index contributed by atoms with van der Waals surface area (Å²) in [5.74, 6) is 1.84. The molecule has 1 atom stereocenters. The molecule has 1 unspecified atom stereocenters. The second-order valence-corrected chi connectivity index (χ2v) is 8.98. The predicted molar refractivity (Wildman–Crippen MR) is 122 cm³/mol. The summed E-state index contributed by atoms with van der Waals surface area (Å²) in [6, 6.07) is 12.6. The zero-order chi connectivity index (χ0) is 23.3. The molecule has 0 bridgehead atoms. The Morgan fingerprint density at radius 2 is 1.84 bits per heavy atom. The standard InChI is InChI=1S/C25H32N2O5/c1-17(24(29)26-25(2,3)4)27(15-19-7-6-8-20(13-19)30-5)23(28)12-10-18-9-11-21-22(14-18)32-16-31-21/h6-9,11,13-14,17H,10,12,15-16H2,1-5H3,(H,26,29). The molecule has 2 aromatic rings. The number of methoxy groups -OCH3 is 1. The molecule has 0 aliphatic carbocycles. The van der Waals surface area contributed by atoms with E-state index in [1.807, 2.05) is 63.2 Å². The number of amides is 2. The van der Waals surface area contributed by atoms with Gasteiger partial charge in [0.05, 0.1) is 7.11 Å². The number of hydrogen-bond donors (Lipinski definition) is 1. The van der Waals surface area contributed by atoms with Gasteiger partial charge in [0.25, 0.3) is 0 Å². The van der Waals surface area contributed by atoms with Crippen LogP contribution in [0.3, 0.4) is 0 Å². The number of carbonyl (C=O) groups is 2. The van der Waals surface area contributed by atoms with Gasteiger partial charge >= 0.3 is 0 Å². The Labute approximate surface area is 189 Å². The van der Waals surface area contributed by atoms with Gasteiger partial charge < -0.3 is 24.4 Å². The zero-order valence-corrected chi connectivity index (χ0v) is 19.4. The molecule has 3 rings (SSSR count). The molecule has 2 aromatic carbocycles. The third-order valence-corrected chi connectivity index (χ3v) is 5.22. The first-order valence-electron chi connectivity index (χ1n) is 10.8. The molecule has 1 N–H and O–H groups in total. The summed E-state index contributed by atoms with van der Waals surface area (Å²) in [4.78, 5) is 27.8. The number of hydrogen-bond acceptors (Lipinski definition) is 5. The average molecular weight is 441 g/mol. The monoisotopic (exact) mass is 440 g/mol. The van der Waals surface area contributed by atoms with Crippen molar-refractivity contribution < 1.29 is 23.8 Å². The maximum Gasteiger partial charge on any atom is 0.242 e. The van der Waals surface area contributed by atoms with E-state index < -0.39 is 6.04 Å². The normalized spacial score (nSPS) is 13.4. The Bertz CT molecular complexity index is 967. The van der Waals surface area contributed by atoms with E-state index in [2.05, 4.69) is 5.32 Å². The lowest BCUT2D eigenvalue weighted by Gasteiger charge is -2.31. The van der Waals surface area contributed by atoms with Crippen LogP contribution in [-0.4, -0.2) is 42.2 Å². The molecular formula is C25H32N2O5. The third-order valence-electron chi connectivity index (χ3n) is 5.22. The molecular weight excluding hydrogens is 408 g/mol. The van der Waals surface area contributed by atoms with E-state index in [1.165, 1.54) is 0 Å². The Morgan fingerprint density at radius 3 is 2.56 bits per heavy atom. The number of nitrogens with one attached hydrogen (secondary N) is 1. The summed E-state index contributed by atoms with van der Waals surface area (Å²) in [7, 11) is 1.60. The quantitative estimate of drug-likeness (QED) is 0.678. The topological polar surface area (TPSA) is 77.1 Å². The molecule has 0 spiro atoms.